The molecule has 3 aromatic carbocycles. The molecular formula is C30H25Cl2N5O4. The van der Waals surface area contributed by atoms with E-state index in [-0.39, 0.29) is 12.1 Å². The summed E-state index contributed by atoms with van der Waals surface area (Å²) in [5.74, 6) is -0.906. The average molecular weight is 590 g/mol. The first kappa shape index (κ1) is 28.1. The van der Waals surface area contributed by atoms with Gasteiger partial charge in [0.1, 0.15) is 17.5 Å². The molecule has 0 aliphatic rings. The van der Waals surface area contributed by atoms with E-state index in [0.29, 0.717) is 28.0 Å². The third-order valence-electron chi connectivity index (χ3n) is 6.49. The first-order valence-electron chi connectivity index (χ1n) is 12.5. The number of ether oxygens (including phenoxy) is 1. The van der Waals surface area contributed by atoms with E-state index >= 15 is 0 Å². The van der Waals surface area contributed by atoms with Crippen molar-refractivity contribution in [2.24, 2.45) is 5.73 Å². The molecule has 41 heavy (non-hydrogen) atoms. The lowest BCUT2D eigenvalue weighted by atomic mass is 10.0. The van der Waals surface area contributed by atoms with E-state index < -0.39 is 17.9 Å². The molecule has 0 fully saturated rings. The number of carbonyl (C=O) groups excluding carboxylic acids is 1. The van der Waals surface area contributed by atoms with Gasteiger partial charge < -0.3 is 20.9 Å². The zero-order valence-electron chi connectivity index (χ0n) is 21.8. The second kappa shape index (κ2) is 12.0. The molecule has 0 spiro atoms. The lowest BCUT2D eigenvalue weighted by Crippen LogP contribution is -2.42. The third-order valence-corrected chi connectivity index (χ3v) is 6.93. The second-order valence-corrected chi connectivity index (χ2v) is 10.2. The van der Waals surface area contributed by atoms with Gasteiger partial charge in [0.15, 0.2) is 0 Å². The van der Waals surface area contributed by atoms with Crippen LogP contribution in [0.4, 0.5) is 0 Å². The number of carbonyl (C=O) groups is 2. The molecule has 2 aromatic heterocycles. The van der Waals surface area contributed by atoms with Gasteiger partial charge in [0.2, 0.25) is 0 Å². The van der Waals surface area contributed by atoms with Gasteiger partial charge in [0, 0.05) is 33.7 Å². The number of rotatable bonds is 9. The number of nitrogens with two attached hydrogens (primary N) is 1. The summed E-state index contributed by atoms with van der Waals surface area (Å²) in [5.41, 5.74) is 10.7. The Balaban J connectivity index is 1.50. The number of carboxylic acid groups (broad SMARTS) is 1. The number of carboxylic acids is 1. The van der Waals surface area contributed by atoms with Crippen LogP contribution in [0, 0.1) is 0 Å². The molecule has 5 rings (SSSR count). The highest BCUT2D eigenvalue weighted by Gasteiger charge is 2.17. The highest BCUT2D eigenvalue weighted by molar-refractivity contribution is 6.35. The molecule has 0 radical (unpaired) electrons. The Morgan fingerprint density at radius 3 is 2.44 bits per heavy atom. The summed E-state index contributed by atoms with van der Waals surface area (Å²) < 4.78 is 7.25. The van der Waals surface area contributed by atoms with Gasteiger partial charge in [0.05, 0.1) is 30.4 Å². The fraction of sp³-hybridized carbons (Fsp3) is 0.133. The summed E-state index contributed by atoms with van der Waals surface area (Å²) in [6.45, 7) is 0.124. The van der Waals surface area contributed by atoms with Crippen LogP contribution >= 0.6 is 23.2 Å². The van der Waals surface area contributed by atoms with Gasteiger partial charge >= 0.3 is 5.97 Å². The SMILES string of the molecule is COc1cccc(-c2ccc3c(-c4cc(Cl)cc(Cl)c4)nn(Cc4ccc(C(=O)NC[C@H](N)C(=O)O)cn4)c3c2)c1. The van der Waals surface area contributed by atoms with E-state index in [1.165, 1.54) is 6.20 Å². The molecule has 0 bridgehead atoms. The zero-order valence-corrected chi connectivity index (χ0v) is 23.4. The minimum atomic E-state index is -1.20. The van der Waals surface area contributed by atoms with Crippen LogP contribution in [0.25, 0.3) is 33.3 Å². The van der Waals surface area contributed by atoms with Crippen molar-refractivity contribution in [3.63, 3.8) is 0 Å². The van der Waals surface area contributed by atoms with Crippen molar-refractivity contribution in [2.75, 3.05) is 13.7 Å². The minimum Gasteiger partial charge on any atom is -0.497 e. The number of nitrogens with one attached hydrogen (secondary N) is 1. The molecular weight excluding hydrogens is 565 g/mol. The van der Waals surface area contributed by atoms with E-state index in [2.05, 4.69) is 16.4 Å². The van der Waals surface area contributed by atoms with Crippen molar-refractivity contribution in [1.29, 1.82) is 0 Å². The van der Waals surface area contributed by atoms with Gasteiger partial charge in [-0.2, -0.15) is 5.10 Å². The van der Waals surface area contributed by atoms with Crippen LogP contribution < -0.4 is 15.8 Å². The molecule has 9 nitrogen and oxygen atoms in total. The zero-order chi connectivity index (χ0) is 29.1. The topological polar surface area (TPSA) is 132 Å². The summed E-state index contributed by atoms with van der Waals surface area (Å²) in [5, 5.41) is 18.2. The van der Waals surface area contributed by atoms with Gasteiger partial charge in [-0.05, 0) is 65.7 Å². The van der Waals surface area contributed by atoms with Gasteiger partial charge in [-0.3, -0.25) is 19.3 Å². The summed E-state index contributed by atoms with van der Waals surface area (Å²) in [4.78, 5) is 27.8. The Bertz CT molecular complexity index is 1730. The number of aliphatic carboxylic acids is 1. The molecule has 1 atom stereocenters. The van der Waals surface area contributed by atoms with Crippen LogP contribution in [-0.2, 0) is 11.3 Å². The van der Waals surface area contributed by atoms with Crippen LogP contribution in [0.1, 0.15) is 16.1 Å². The Kier molecular flexibility index (Phi) is 8.21. The number of nitrogens with zero attached hydrogens (tertiary/aromatic N) is 3. The summed E-state index contributed by atoms with van der Waals surface area (Å²) in [6, 6.07) is 21.4. The molecule has 0 aliphatic heterocycles. The molecule has 0 saturated carbocycles. The first-order valence-corrected chi connectivity index (χ1v) is 13.3. The van der Waals surface area contributed by atoms with Crippen molar-refractivity contribution in [1.82, 2.24) is 20.1 Å². The summed E-state index contributed by atoms with van der Waals surface area (Å²) in [7, 11) is 1.63. The number of pyridine rings is 1. The maximum Gasteiger partial charge on any atom is 0.322 e. The maximum absolute atomic E-state index is 12.4. The Hall–Kier alpha value is -4.44. The number of fused-ring (bicyclic) bond motifs is 1. The van der Waals surface area contributed by atoms with Crippen molar-refractivity contribution in [2.45, 2.75) is 12.6 Å². The van der Waals surface area contributed by atoms with Crippen LogP contribution in [0.15, 0.2) is 79.0 Å². The van der Waals surface area contributed by atoms with Crippen LogP contribution in [-0.4, -0.2) is 51.4 Å². The monoisotopic (exact) mass is 589 g/mol. The number of benzene rings is 3. The number of hydrogen-bond acceptors (Lipinski definition) is 6. The number of amides is 1. The Morgan fingerprint density at radius 1 is 1.00 bits per heavy atom. The van der Waals surface area contributed by atoms with Crippen LogP contribution in [0.5, 0.6) is 5.75 Å². The van der Waals surface area contributed by atoms with Crippen molar-refractivity contribution >= 4 is 46.0 Å². The van der Waals surface area contributed by atoms with Gasteiger partial charge in [-0.25, -0.2) is 0 Å². The molecule has 11 heteroatoms. The number of aromatic nitrogens is 3. The molecule has 0 saturated heterocycles. The summed E-state index contributed by atoms with van der Waals surface area (Å²) in [6.07, 6.45) is 1.43. The maximum atomic E-state index is 12.4. The molecule has 1 amide bonds. The minimum absolute atomic E-state index is 0.193. The van der Waals surface area contributed by atoms with Gasteiger partial charge in [-0.1, -0.05) is 41.4 Å². The van der Waals surface area contributed by atoms with E-state index in [9.17, 15) is 9.59 Å². The summed E-state index contributed by atoms with van der Waals surface area (Å²) >= 11 is 12.6. The second-order valence-electron chi connectivity index (χ2n) is 9.32. The van der Waals surface area contributed by atoms with E-state index in [0.717, 1.165) is 33.3 Å². The van der Waals surface area contributed by atoms with E-state index in [1.807, 2.05) is 53.2 Å². The number of halogens is 2. The number of hydrogen-bond donors (Lipinski definition) is 3. The lowest BCUT2D eigenvalue weighted by Gasteiger charge is -2.09. The molecule has 208 valence electrons. The average Bonchev–Trinajstić information content (AvgIpc) is 3.33. The predicted molar refractivity (Wildman–Crippen MR) is 158 cm³/mol. The predicted octanol–water partition coefficient (Wildman–Crippen LogP) is 5.27. The van der Waals surface area contributed by atoms with E-state index in [1.54, 1.807) is 25.3 Å². The van der Waals surface area contributed by atoms with Gasteiger partial charge in [0.25, 0.3) is 5.91 Å². The van der Waals surface area contributed by atoms with Crippen LogP contribution in [0.2, 0.25) is 10.0 Å². The van der Waals surface area contributed by atoms with E-state index in [4.69, 9.17) is 43.9 Å². The lowest BCUT2D eigenvalue weighted by molar-refractivity contribution is -0.138. The Morgan fingerprint density at radius 2 is 1.76 bits per heavy atom. The fourth-order valence-corrected chi connectivity index (χ4v) is 4.90. The van der Waals surface area contributed by atoms with Crippen molar-refractivity contribution < 1.29 is 19.4 Å². The fourth-order valence-electron chi connectivity index (χ4n) is 4.38. The highest BCUT2D eigenvalue weighted by Crippen LogP contribution is 2.35. The third kappa shape index (κ3) is 6.33. The van der Waals surface area contributed by atoms with Crippen molar-refractivity contribution in [3.05, 3.63) is 100 Å². The van der Waals surface area contributed by atoms with Crippen LogP contribution in [0.3, 0.4) is 0 Å². The standard InChI is InChI=1S/C30H25Cl2N5O4/c1-41-24-4-2-3-17(11-24)18-6-8-25-27(12-18)37(36-28(25)20-9-21(31)13-22(32)10-20)16-23-7-5-19(14-34-23)29(38)35-15-26(33)30(39)40/h2-14,26H,15-16,33H2,1H3,(H,35,38)(H,39,40)/t26-/m0/s1. The molecule has 4 N–H and O–H groups in total. The molecule has 5 aromatic rings. The number of methoxy groups -OCH3 is 1. The smallest absolute Gasteiger partial charge is 0.322 e. The van der Waals surface area contributed by atoms with Crippen molar-refractivity contribution in [3.8, 4) is 28.1 Å². The normalized spacial score (nSPS) is 11.8. The largest absolute Gasteiger partial charge is 0.497 e. The van der Waals surface area contributed by atoms with Gasteiger partial charge in [-0.15, -0.1) is 0 Å². The molecule has 0 aliphatic carbocycles. The quantitative estimate of drug-likeness (QED) is 0.213. The first-order chi connectivity index (χ1) is 19.7. The molecule has 2 heterocycles. The highest BCUT2D eigenvalue weighted by atomic mass is 35.5. The Labute approximate surface area is 245 Å². The molecule has 0 unspecified atom stereocenters.